The van der Waals surface area contributed by atoms with Gasteiger partial charge >= 0.3 is 6.18 Å². The van der Waals surface area contributed by atoms with E-state index in [1.807, 2.05) is 6.07 Å². The van der Waals surface area contributed by atoms with Crippen LogP contribution in [0.2, 0.25) is 0 Å². The zero-order valence-corrected chi connectivity index (χ0v) is 14.3. The summed E-state index contributed by atoms with van der Waals surface area (Å²) in [5, 5.41) is 7.52. The van der Waals surface area contributed by atoms with Crippen LogP contribution in [0.1, 0.15) is 10.7 Å². The average molecular weight is 373 g/mol. The Morgan fingerprint density at radius 2 is 2.12 bits per heavy atom. The lowest BCUT2D eigenvalue weighted by molar-refractivity contribution is -0.140. The minimum absolute atomic E-state index is 0.383. The molecule has 0 aliphatic heterocycles. The van der Waals surface area contributed by atoms with Crippen LogP contribution < -0.4 is 15.4 Å². The van der Waals surface area contributed by atoms with Crippen molar-refractivity contribution in [2.75, 3.05) is 26.7 Å². The summed E-state index contributed by atoms with van der Waals surface area (Å²) >= 11 is 0.997. The van der Waals surface area contributed by atoms with E-state index < -0.39 is 11.9 Å². The molecule has 2 heterocycles. The number of alkyl halides is 3. The first-order valence-electron chi connectivity index (χ1n) is 7.48. The standard InChI is InChI=1S/C15H18F3N5OS/c1-19-14(22-7-8-24-11-3-2-5-20-9-11)21-6-4-13-23-12(10-25-13)15(16,17)18/h2-3,5,9-10H,4,6-8H2,1H3,(H2,19,21,22). The molecule has 6 nitrogen and oxygen atoms in total. The molecule has 0 aliphatic carbocycles. The molecule has 0 aliphatic rings. The highest BCUT2D eigenvalue weighted by Crippen LogP contribution is 2.29. The van der Waals surface area contributed by atoms with Gasteiger partial charge in [-0.25, -0.2) is 4.98 Å². The van der Waals surface area contributed by atoms with Gasteiger partial charge in [0.2, 0.25) is 0 Å². The molecule has 0 atom stereocenters. The maximum Gasteiger partial charge on any atom is 0.434 e. The van der Waals surface area contributed by atoms with E-state index in [9.17, 15) is 13.2 Å². The van der Waals surface area contributed by atoms with Crippen LogP contribution in [0.5, 0.6) is 5.75 Å². The lowest BCUT2D eigenvalue weighted by Gasteiger charge is -2.12. The van der Waals surface area contributed by atoms with Crippen LogP contribution in [0, 0.1) is 0 Å². The van der Waals surface area contributed by atoms with Gasteiger partial charge in [-0.1, -0.05) is 0 Å². The fourth-order valence-corrected chi connectivity index (χ4v) is 2.64. The van der Waals surface area contributed by atoms with Crippen molar-refractivity contribution in [3.63, 3.8) is 0 Å². The molecule has 0 radical (unpaired) electrons. The number of thiazole rings is 1. The number of hydrogen-bond donors (Lipinski definition) is 2. The van der Waals surface area contributed by atoms with E-state index in [2.05, 4.69) is 25.6 Å². The fourth-order valence-electron chi connectivity index (χ4n) is 1.84. The summed E-state index contributed by atoms with van der Waals surface area (Å²) in [4.78, 5) is 11.6. The molecule has 2 N–H and O–H groups in total. The molecule has 136 valence electrons. The van der Waals surface area contributed by atoms with Gasteiger partial charge in [-0.15, -0.1) is 11.3 Å². The molecule has 0 aromatic carbocycles. The van der Waals surface area contributed by atoms with Gasteiger partial charge in [0.05, 0.1) is 17.7 Å². The molecule has 0 spiro atoms. The Balaban J connectivity index is 1.66. The fraction of sp³-hybridized carbons (Fsp3) is 0.400. The normalized spacial score (nSPS) is 12.1. The number of halogens is 3. The number of hydrogen-bond acceptors (Lipinski definition) is 5. The van der Waals surface area contributed by atoms with E-state index in [-0.39, 0.29) is 0 Å². The Labute approximate surface area is 147 Å². The second-order valence-corrected chi connectivity index (χ2v) is 5.78. The van der Waals surface area contributed by atoms with Crippen LogP contribution >= 0.6 is 11.3 Å². The summed E-state index contributed by atoms with van der Waals surface area (Å²) in [6.07, 6.45) is -0.727. The molecular formula is C15H18F3N5OS. The van der Waals surface area contributed by atoms with E-state index in [1.165, 1.54) is 0 Å². The smallest absolute Gasteiger partial charge is 0.434 e. The van der Waals surface area contributed by atoms with E-state index >= 15 is 0 Å². The summed E-state index contributed by atoms with van der Waals surface area (Å²) in [5.74, 6) is 1.22. The number of guanidine groups is 1. The Kier molecular flexibility index (Phi) is 6.99. The van der Waals surface area contributed by atoms with Crippen molar-refractivity contribution in [3.8, 4) is 5.75 Å². The predicted molar refractivity (Wildman–Crippen MR) is 89.9 cm³/mol. The van der Waals surface area contributed by atoms with Gasteiger partial charge in [0, 0.05) is 31.6 Å². The van der Waals surface area contributed by atoms with E-state index in [0.29, 0.717) is 42.8 Å². The van der Waals surface area contributed by atoms with Gasteiger partial charge in [0.15, 0.2) is 11.7 Å². The third-order valence-electron chi connectivity index (χ3n) is 2.99. The van der Waals surface area contributed by atoms with Gasteiger partial charge in [0.1, 0.15) is 12.4 Å². The molecule has 0 bridgehead atoms. The summed E-state index contributed by atoms with van der Waals surface area (Å²) in [6, 6.07) is 3.59. The number of rotatable bonds is 7. The van der Waals surface area contributed by atoms with Crippen LogP contribution in [0.15, 0.2) is 34.9 Å². The minimum atomic E-state index is -4.39. The van der Waals surface area contributed by atoms with Crippen molar-refractivity contribution >= 4 is 17.3 Å². The molecule has 10 heteroatoms. The maximum absolute atomic E-state index is 12.5. The van der Waals surface area contributed by atoms with Crippen molar-refractivity contribution < 1.29 is 17.9 Å². The molecular weight excluding hydrogens is 355 g/mol. The lowest BCUT2D eigenvalue weighted by atomic mass is 10.4. The zero-order valence-electron chi connectivity index (χ0n) is 13.5. The summed E-state index contributed by atoms with van der Waals surface area (Å²) in [6.45, 7) is 1.37. The number of aromatic nitrogens is 2. The third-order valence-corrected chi connectivity index (χ3v) is 3.90. The highest BCUT2D eigenvalue weighted by molar-refractivity contribution is 7.09. The maximum atomic E-state index is 12.5. The van der Waals surface area contributed by atoms with Gasteiger partial charge in [-0.05, 0) is 12.1 Å². The molecule has 2 aromatic heterocycles. The van der Waals surface area contributed by atoms with Crippen molar-refractivity contribution in [1.29, 1.82) is 0 Å². The molecule has 25 heavy (non-hydrogen) atoms. The minimum Gasteiger partial charge on any atom is -0.490 e. The highest BCUT2D eigenvalue weighted by Gasteiger charge is 2.33. The van der Waals surface area contributed by atoms with Gasteiger partial charge in [-0.3, -0.25) is 9.98 Å². The SMILES string of the molecule is CN=C(NCCOc1cccnc1)NCCc1nc(C(F)(F)F)cs1. The van der Waals surface area contributed by atoms with Crippen molar-refractivity contribution in [2.24, 2.45) is 4.99 Å². The van der Waals surface area contributed by atoms with Crippen LogP contribution in [-0.4, -0.2) is 42.7 Å². The molecule has 0 amide bonds. The Morgan fingerprint density at radius 3 is 2.76 bits per heavy atom. The number of aliphatic imine (C=N–C) groups is 1. The second kappa shape index (κ2) is 9.21. The summed E-state index contributed by atoms with van der Waals surface area (Å²) in [5.41, 5.74) is -0.845. The van der Waals surface area contributed by atoms with E-state index in [0.717, 1.165) is 16.7 Å². The van der Waals surface area contributed by atoms with Crippen LogP contribution in [0.3, 0.4) is 0 Å². The van der Waals surface area contributed by atoms with Gasteiger partial charge < -0.3 is 15.4 Å². The van der Waals surface area contributed by atoms with E-state index in [1.54, 1.807) is 25.5 Å². The van der Waals surface area contributed by atoms with Crippen LogP contribution in [0.4, 0.5) is 13.2 Å². The highest BCUT2D eigenvalue weighted by atomic mass is 32.1. The first-order chi connectivity index (χ1) is 12.0. The predicted octanol–water partition coefficient (Wildman–Crippen LogP) is 2.34. The molecule has 0 unspecified atom stereocenters. The van der Waals surface area contributed by atoms with Crippen LogP contribution in [0.25, 0.3) is 0 Å². The number of nitrogens with zero attached hydrogens (tertiary/aromatic N) is 3. The van der Waals surface area contributed by atoms with Gasteiger partial charge in [-0.2, -0.15) is 13.2 Å². The Hall–Kier alpha value is -2.36. The molecule has 0 fully saturated rings. The quantitative estimate of drug-likeness (QED) is 0.443. The average Bonchev–Trinajstić information content (AvgIpc) is 3.07. The number of nitrogens with one attached hydrogen (secondary N) is 2. The topological polar surface area (TPSA) is 71.4 Å². The molecule has 2 rings (SSSR count). The first kappa shape index (κ1) is 19.0. The van der Waals surface area contributed by atoms with Crippen LogP contribution in [-0.2, 0) is 12.6 Å². The zero-order chi connectivity index (χ0) is 18.1. The number of pyridine rings is 1. The second-order valence-electron chi connectivity index (χ2n) is 4.84. The Bertz CT molecular complexity index is 675. The van der Waals surface area contributed by atoms with Crippen molar-refractivity contribution in [2.45, 2.75) is 12.6 Å². The molecule has 0 saturated carbocycles. The largest absolute Gasteiger partial charge is 0.490 e. The van der Waals surface area contributed by atoms with Crippen molar-refractivity contribution in [1.82, 2.24) is 20.6 Å². The lowest BCUT2D eigenvalue weighted by Crippen LogP contribution is -2.40. The summed E-state index contributed by atoms with van der Waals surface area (Å²) < 4.78 is 42.9. The van der Waals surface area contributed by atoms with Gasteiger partial charge in [0.25, 0.3) is 0 Å². The summed E-state index contributed by atoms with van der Waals surface area (Å²) in [7, 11) is 1.61. The number of ether oxygens (including phenoxy) is 1. The molecule has 2 aromatic rings. The first-order valence-corrected chi connectivity index (χ1v) is 8.36. The monoisotopic (exact) mass is 373 g/mol. The Morgan fingerprint density at radius 1 is 1.32 bits per heavy atom. The molecule has 0 saturated heterocycles. The van der Waals surface area contributed by atoms with E-state index in [4.69, 9.17) is 4.74 Å². The third kappa shape index (κ3) is 6.57. The van der Waals surface area contributed by atoms with Crippen molar-refractivity contribution in [3.05, 3.63) is 40.6 Å².